The van der Waals surface area contributed by atoms with Gasteiger partial charge in [-0.3, -0.25) is 4.57 Å². The van der Waals surface area contributed by atoms with Crippen LogP contribution >= 0.6 is 22.6 Å². The summed E-state index contributed by atoms with van der Waals surface area (Å²) in [4.78, 5) is 28.3. The molecule has 1 aliphatic rings. The predicted molar refractivity (Wildman–Crippen MR) is 101 cm³/mol. The lowest BCUT2D eigenvalue weighted by Crippen LogP contribution is -2.34. The minimum absolute atomic E-state index is 0.142. The summed E-state index contributed by atoms with van der Waals surface area (Å²) in [5.74, 6) is -0.746. The van der Waals surface area contributed by atoms with E-state index < -0.39 is 30.1 Å². The molecule has 2 aromatic rings. The summed E-state index contributed by atoms with van der Waals surface area (Å²) < 4.78 is 13.3. The van der Waals surface area contributed by atoms with E-state index in [1.807, 2.05) is 22.6 Å². The van der Waals surface area contributed by atoms with Gasteiger partial charge in [0.1, 0.15) is 24.3 Å². The number of aliphatic hydroxyl groups excluding tert-OH is 1. The number of benzene rings is 1. The van der Waals surface area contributed by atoms with Crippen LogP contribution < -0.4 is 11.4 Å². The molecule has 1 aromatic carbocycles. The first-order valence-corrected chi connectivity index (χ1v) is 9.06. The SMILES string of the molecule is CC1C(OC(=O)c2ccccc2)C(CO)OC1n1cc(I)c(N)nc1=O. The Bertz CT molecular complexity index is 857. The number of halogens is 1. The number of nitrogens with two attached hydrogens (primary N) is 1. The molecule has 1 fully saturated rings. The third-order valence-corrected chi connectivity index (χ3v) is 5.12. The fourth-order valence-corrected chi connectivity index (χ4v) is 3.36. The number of esters is 1. The molecule has 1 aliphatic heterocycles. The van der Waals surface area contributed by atoms with Gasteiger partial charge in [0.2, 0.25) is 0 Å². The maximum Gasteiger partial charge on any atom is 0.351 e. The Hall–Kier alpha value is -1.98. The number of carbonyl (C=O) groups is 1. The minimum atomic E-state index is -0.746. The molecular formula is C17H18IN3O5. The Labute approximate surface area is 163 Å². The van der Waals surface area contributed by atoms with Crippen LogP contribution in [0.2, 0.25) is 0 Å². The summed E-state index contributed by atoms with van der Waals surface area (Å²) in [5.41, 5.74) is 5.49. The number of nitrogens with zero attached hydrogens (tertiary/aromatic N) is 2. The van der Waals surface area contributed by atoms with Gasteiger partial charge >= 0.3 is 11.7 Å². The van der Waals surface area contributed by atoms with Crippen molar-refractivity contribution in [2.24, 2.45) is 5.92 Å². The van der Waals surface area contributed by atoms with Gasteiger partial charge in [0.15, 0.2) is 0 Å². The highest BCUT2D eigenvalue weighted by molar-refractivity contribution is 14.1. The van der Waals surface area contributed by atoms with E-state index in [0.717, 1.165) is 0 Å². The maximum atomic E-state index is 12.4. The molecule has 4 atom stereocenters. The molecule has 3 rings (SSSR count). The first-order chi connectivity index (χ1) is 12.4. The molecule has 1 saturated heterocycles. The number of ether oxygens (including phenoxy) is 2. The summed E-state index contributed by atoms with van der Waals surface area (Å²) in [6.07, 6.45) is -0.637. The van der Waals surface area contributed by atoms with Crippen LogP contribution in [0, 0.1) is 9.49 Å². The van der Waals surface area contributed by atoms with Crippen LogP contribution in [0.3, 0.4) is 0 Å². The maximum absolute atomic E-state index is 12.4. The molecule has 138 valence electrons. The van der Waals surface area contributed by atoms with Crippen LogP contribution in [0.4, 0.5) is 5.82 Å². The third kappa shape index (κ3) is 3.60. The fourth-order valence-electron chi connectivity index (χ4n) is 2.94. The molecule has 1 aromatic heterocycles. The average Bonchev–Trinajstić information content (AvgIpc) is 2.94. The van der Waals surface area contributed by atoms with Crippen molar-refractivity contribution >= 4 is 34.4 Å². The molecule has 26 heavy (non-hydrogen) atoms. The molecule has 9 heteroatoms. The highest BCUT2D eigenvalue weighted by Crippen LogP contribution is 2.36. The topological polar surface area (TPSA) is 117 Å². The first-order valence-electron chi connectivity index (χ1n) is 7.99. The summed E-state index contributed by atoms with van der Waals surface area (Å²) in [6, 6.07) is 8.56. The van der Waals surface area contributed by atoms with E-state index in [-0.39, 0.29) is 18.3 Å². The number of anilines is 1. The van der Waals surface area contributed by atoms with Gasteiger partial charge in [0.05, 0.1) is 15.7 Å². The zero-order valence-corrected chi connectivity index (χ0v) is 16.1. The van der Waals surface area contributed by atoms with Crippen LogP contribution in [0.25, 0.3) is 0 Å². The van der Waals surface area contributed by atoms with Crippen LogP contribution in [0.5, 0.6) is 0 Å². The van der Waals surface area contributed by atoms with Gasteiger partial charge in [0.25, 0.3) is 0 Å². The largest absolute Gasteiger partial charge is 0.455 e. The highest BCUT2D eigenvalue weighted by atomic mass is 127. The first kappa shape index (κ1) is 18.8. The van der Waals surface area contributed by atoms with Crippen molar-refractivity contribution in [3.05, 3.63) is 56.1 Å². The number of hydrogen-bond acceptors (Lipinski definition) is 7. The zero-order chi connectivity index (χ0) is 18.8. The Balaban J connectivity index is 1.85. The molecule has 8 nitrogen and oxygen atoms in total. The molecule has 4 unspecified atom stereocenters. The minimum Gasteiger partial charge on any atom is -0.455 e. The Morgan fingerprint density at radius 3 is 2.77 bits per heavy atom. The molecule has 0 saturated carbocycles. The van der Waals surface area contributed by atoms with Crippen molar-refractivity contribution in [3.63, 3.8) is 0 Å². The number of aromatic nitrogens is 2. The number of carbonyl (C=O) groups excluding carboxylic acids is 1. The van der Waals surface area contributed by atoms with Crippen LogP contribution in [0.15, 0.2) is 41.3 Å². The Kier molecular flexibility index (Phi) is 5.58. The lowest BCUT2D eigenvalue weighted by molar-refractivity contribution is -0.0528. The third-order valence-electron chi connectivity index (χ3n) is 4.29. The summed E-state index contributed by atoms with van der Waals surface area (Å²) >= 11 is 1.97. The number of rotatable bonds is 4. The van der Waals surface area contributed by atoms with Crippen molar-refractivity contribution < 1.29 is 19.4 Å². The van der Waals surface area contributed by atoms with Gasteiger partial charge in [-0.05, 0) is 34.7 Å². The lowest BCUT2D eigenvalue weighted by Gasteiger charge is -2.21. The van der Waals surface area contributed by atoms with Gasteiger partial charge in [-0.1, -0.05) is 25.1 Å². The van der Waals surface area contributed by atoms with Crippen molar-refractivity contribution in [1.29, 1.82) is 0 Å². The standard InChI is InChI=1S/C17H18IN3O5/c1-9-13(26-16(23)10-5-3-2-4-6-10)12(8-22)25-15(9)21-7-11(18)14(19)20-17(21)24/h2-7,9,12-13,15,22H,8H2,1H3,(H2,19,20,24). The van der Waals surface area contributed by atoms with E-state index in [0.29, 0.717) is 9.13 Å². The summed E-state index contributed by atoms with van der Waals surface area (Å²) in [6.45, 7) is 1.45. The lowest BCUT2D eigenvalue weighted by atomic mass is 10.0. The fraction of sp³-hybridized carbons (Fsp3) is 0.353. The molecule has 3 N–H and O–H groups in total. The van der Waals surface area contributed by atoms with Gasteiger partial charge in [0, 0.05) is 12.1 Å². The smallest absolute Gasteiger partial charge is 0.351 e. The second-order valence-corrected chi connectivity index (χ2v) is 7.17. The summed E-state index contributed by atoms with van der Waals surface area (Å²) in [5, 5.41) is 9.63. The molecule has 0 spiro atoms. The van der Waals surface area contributed by atoms with E-state index in [2.05, 4.69) is 4.98 Å². The van der Waals surface area contributed by atoms with E-state index >= 15 is 0 Å². The number of hydrogen-bond donors (Lipinski definition) is 2. The quantitative estimate of drug-likeness (QED) is 0.508. The Morgan fingerprint density at radius 2 is 2.12 bits per heavy atom. The van der Waals surface area contributed by atoms with E-state index in [1.165, 1.54) is 4.57 Å². The van der Waals surface area contributed by atoms with Crippen molar-refractivity contribution in [1.82, 2.24) is 9.55 Å². The van der Waals surface area contributed by atoms with E-state index in [1.54, 1.807) is 43.5 Å². The van der Waals surface area contributed by atoms with Gasteiger partial charge in [-0.25, -0.2) is 9.59 Å². The molecule has 2 heterocycles. The van der Waals surface area contributed by atoms with Crippen molar-refractivity contribution in [3.8, 4) is 0 Å². The predicted octanol–water partition coefficient (Wildman–Crippen LogP) is 1.18. The monoisotopic (exact) mass is 471 g/mol. The van der Waals surface area contributed by atoms with Gasteiger partial charge in [-0.2, -0.15) is 4.98 Å². The zero-order valence-electron chi connectivity index (χ0n) is 13.9. The van der Waals surface area contributed by atoms with Gasteiger partial charge < -0.3 is 20.3 Å². The normalized spacial score (nSPS) is 25.2. The van der Waals surface area contributed by atoms with E-state index in [4.69, 9.17) is 15.2 Å². The molecule has 0 radical (unpaired) electrons. The van der Waals surface area contributed by atoms with Crippen LogP contribution in [-0.4, -0.2) is 39.4 Å². The van der Waals surface area contributed by atoms with Crippen LogP contribution in [0.1, 0.15) is 23.5 Å². The number of nitrogen functional groups attached to an aromatic ring is 1. The number of aliphatic hydroxyl groups is 1. The van der Waals surface area contributed by atoms with Gasteiger partial charge in [-0.15, -0.1) is 0 Å². The highest BCUT2D eigenvalue weighted by Gasteiger charge is 2.45. The second-order valence-electron chi connectivity index (χ2n) is 6.01. The van der Waals surface area contributed by atoms with Crippen molar-refractivity contribution in [2.45, 2.75) is 25.4 Å². The van der Waals surface area contributed by atoms with Crippen molar-refractivity contribution in [2.75, 3.05) is 12.3 Å². The molecule has 0 amide bonds. The van der Waals surface area contributed by atoms with Crippen LogP contribution in [-0.2, 0) is 9.47 Å². The molecule has 0 aliphatic carbocycles. The Morgan fingerprint density at radius 1 is 1.42 bits per heavy atom. The molecule has 0 bridgehead atoms. The van der Waals surface area contributed by atoms with E-state index in [9.17, 15) is 14.7 Å². The second kappa shape index (κ2) is 7.72. The average molecular weight is 471 g/mol. The molecular weight excluding hydrogens is 453 g/mol. The summed E-state index contributed by atoms with van der Waals surface area (Å²) in [7, 11) is 0.